The number of nitrogens with one attached hydrogen (secondary N) is 1. The quantitative estimate of drug-likeness (QED) is 0.904. The van der Waals surface area contributed by atoms with E-state index in [0.717, 1.165) is 31.6 Å². The van der Waals surface area contributed by atoms with Gasteiger partial charge in [-0.25, -0.2) is 4.98 Å². The van der Waals surface area contributed by atoms with Crippen molar-refractivity contribution in [1.29, 1.82) is 0 Å². The maximum absolute atomic E-state index is 12.4. The van der Waals surface area contributed by atoms with Gasteiger partial charge in [-0.05, 0) is 32.7 Å². The number of thiazole rings is 1. The van der Waals surface area contributed by atoms with Crippen molar-refractivity contribution in [2.75, 3.05) is 21.1 Å². The molecular formula is C16H23N4O2S. The fourth-order valence-electron chi connectivity index (χ4n) is 3.24. The molecule has 7 heteroatoms. The number of carbonyl (C=O) groups is 2. The molecule has 1 radical (unpaired) electrons. The van der Waals surface area contributed by atoms with E-state index in [-0.39, 0.29) is 23.8 Å². The second-order valence-electron chi connectivity index (χ2n) is 6.62. The number of fused-ring (bicyclic) bond motifs is 1. The van der Waals surface area contributed by atoms with Gasteiger partial charge in [-0.3, -0.25) is 14.5 Å². The molecule has 1 aliphatic heterocycles. The van der Waals surface area contributed by atoms with Crippen LogP contribution < -0.4 is 5.32 Å². The number of nitrogens with zero attached hydrogens (tertiary/aromatic N) is 3. The number of amides is 2. The summed E-state index contributed by atoms with van der Waals surface area (Å²) in [5.74, 6) is 0.0233. The van der Waals surface area contributed by atoms with Gasteiger partial charge in [0.1, 0.15) is 0 Å². The smallest absolute Gasteiger partial charge is 0.280 e. The Labute approximate surface area is 140 Å². The molecule has 0 bridgehead atoms. The van der Waals surface area contributed by atoms with Gasteiger partial charge in [0.25, 0.3) is 5.91 Å². The van der Waals surface area contributed by atoms with Crippen molar-refractivity contribution in [3.05, 3.63) is 22.0 Å². The first kappa shape index (κ1) is 16.4. The summed E-state index contributed by atoms with van der Waals surface area (Å²) in [7, 11) is 5.61. The van der Waals surface area contributed by atoms with Crippen LogP contribution in [0.25, 0.3) is 0 Å². The number of hydrogen-bond acceptors (Lipinski definition) is 5. The zero-order valence-corrected chi connectivity index (χ0v) is 14.7. The molecule has 2 aliphatic rings. The molecule has 6 nitrogen and oxygen atoms in total. The molecule has 1 saturated carbocycles. The Kier molecular flexibility index (Phi) is 4.68. The molecule has 2 heterocycles. The molecule has 2 amide bonds. The zero-order chi connectivity index (χ0) is 16.6. The topological polar surface area (TPSA) is 65.5 Å². The minimum atomic E-state index is -0.119. The summed E-state index contributed by atoms with van der Waals surface area (Å²) < 4.78 is 0. The van der Waals surface area contributed by atoms with Crippen molar-refractivity contribution in [2.45, 2.75) is 38.4 Å². The van der Waals surface area contributed by atoms with E-state index in [1.54, 1.807) is 19.0 Å². The van der Waals surface area contributed by atoms with E-state index >= 15 is 0 Å². The first-order valence-corrected chi connectivity index (χ1v) is 8.78. The second-order valence-corrected chi connectivity index (χ2v) is 7.70. The Morgan fingerprint density at radius 2 is 2.17 bits per heavy atom. The van der Waals surface area contributed by atoms with Crippen LogP contribution in [0, 0.1) is 12.3 Å². The van der Waals surface area contributed by atoms with Gasteiger partial charge in [-0.15, -0.1) is 11.3 Å². The summed E-state index contributed by atoms with van der Waals surface area (Å²) in [5, 5.41) is 3.57. The normalized spacial score (nSPS) is 24.3. The first-order valence-electron chi connectivity index (χ1n) is 7.96. The average molecular weight is 335 g/mol. The standard InChI is InChI=1S/C16H23N4O2S/c1-19(2)16(22)10-5-4-6-11(7-10)17-14(21)15-18-12-8-20(3)9-13(12)23-15/h6,10-11H,4-5,7-9H2,1-3H3,(H,17,21). The molecule has 1 aromatic rings. The highest BCUT2D eigenvalue weighted by Crippen LogP contribution is 2.28. The molecule has 125 valence electrons. The van der Waals surface area contributed by atoms with Crippen LogP contribution in [0.3, 0.4) is 0 Å². The Bertz CT molecular complexity index is 590. The average Bonchev–Trinajstić information content (AvgIpc) is 3.03. The Morgan fingerprint density at radius 1 is 1.39 bits per heavy atom. The van der Waals surface area contributed by atoms with Crippen molar-refractivity contribution in [3.63, 3.8) is 0 Å². The highest BCUT2D eigenvalue weighted by Gasteiger charge is 2.30. The zero-order valence-electron chi connectivity index (χ0n) is 13.8. The van der Waals surface area contributed by atoms with Crippen molar-refractivity contribution < 1.29 is 9.59 Å². The highest BCUT2D eigenvalue weighted by molar-refractivity contribution is 7.13. The van der Waals surface area contributed by atoms with Gasteiger partial charge in [0.15, 0.2) is 5.01 Å². The van der Waals surface area contributed by atoms with E-state index in [1.807, 2.05) is 7.05 Å². The Balaban J connectivity index is 1.59. The lowest BCUT2D eigenvalue weighted by Gasteiger charge is -2.30. The minimum Gasteiger partial charge on any atom is -0.349 e. The van der Waals surface area contributed by atoms with Crippen molar-refractivity contribution >= 4 is 23.2 Å². The van der Waals surface area contributed by atoms with Gasteiger partial charge in [0, 0.05) is 44.0 Å². The van der Waals surface area contributed by atoms with E-state index < -0.39 is 0 Å². The third kappa shape index (κ3) is 3.55. The van der Waals surface area contributed by atoms with E-state index in [1.165, 1.54) is 16.2 Å². The number of aromatic nitrogens is 1. The molecule has 1 N–H and O–H groups in total. The summed E-state index contributed by atoms with van der Waals surface area (Å²) in [6, 6.07) is -0.0495. The summed E-state index contributed by atoms with van der Waals surface area (Å²) >= 11 is 1.48. The van der Waals surface area contributed by atoms with Crippen molar-refractivity contribution in [2.24, 2.45) is 5.92 Å². The van der Waals surface area contributed by atoms with Crippen LogP contribution in [-0.2, 0) is 17.9 Å². The fraction of sp³-hybridized carbons (Fsp3) is 0.625. The largest absolute Gasteiger partial charge is 0.349 e. The van der Waals surface area contributed by atoms with E-state index in [0.29, 0.717) is 11.4 Å². The molecule has 2 unspecified atom stereocenters. The lowest BCUT2D eigenvalue weighted by atomic mass is 9.85. The maximum Gasteiger partial charge on any atom is 0.280 e. The lowest BCUT2D eigenvalue weighted by molar-refractivity contribution is -0.133. The van der Waals surface area contributed by atoms with Crippen LogP contribution >= 0.6 is 11.3 Å². The molecule has 23 heavy (non-hydrogen) atoms. The maximum atomic E-state index is 12.4. The van der Waals surface area contributed by atoms with Crippen LogP contribution in [-0.4, -0.2) is 53.8 Å². The third-order valence-electron chi connectivity index (χ3n) is 4.42. The molecule has 1 aliphatic carbocycles. The predicted molar refractivity (Wildman–Crippen MR) is 88.9 cm³/mol. The molecular weight excluding hydrogens is 312 g/mol. The summed E-state index contributed by atoms with van der Waals surface area (Å²) in [6.07, 6.45) is 4.50. The SMILES string of the molecule is CN1Cc2nc(C(=O)NC3[CH]CCC(C(=O)N(C)C)C3)sc2C1. The fourth-order valence-corrected chi connectivity index (χ4v) is 4.29. The van der Waals surface area contributed by atoms with Crippen LogP contribution in [0.2, 0.25) is 0 Å². The van der Waals surface area contributed by atoms with E-state index in [9.17, 15) is 9.59 Å². The van der Waals surface area contributed by atoms with Crippen LogP contribution in [0.15, 0.2) is 0 Å². The van der Waals surface area contributed by atoms with Crippen LogP contribution in [0.5, 0.6) is 0 Å². The van der Waals surface area contributed by atoms with Gasteiger partial charge in [0.2, 0.25) is 5.91 Å². The Hall–Kier alpha value is -1.47. The molecule has 2 atom stereocenters. The monoisotopic (exact) mass is 335 g/mol. The number of carbonyl (C=O) groups excluding carboxylic acids is 2. The molecule has 3 rings (SSSR count). The van der Waals surface area contributed by atoms with Crippen LogP contribution in [0.1, 0.15) is 39.6 Å². The molecule has 1 aromatic heterocycles. The predicted octanol–water partition coefficient (Wildman–Crippen LogP) is 1.28. The molecule has 0 saturated heterocycles. The number of hydrogen-bond donors (Lipinski definition) is 1. The lowest BCUT2D eigenvalue weighted by Crippen LogP contribution is -2.42. The molecule has 1 fully saturated rings. The Morgan fingerprint density at radius 3 is 2.87 bits per heavy atom. The number of rotatable bonds is 3. The van der Waals surface area contributed by atoms with Crippen LogP contribution in [0.4, 0.5) is 0 Å². The minimum absolute atomic E-state index is 0.00440. The van der Waals surface area contributed by atoms with E-state index in [2.05, 4.69) is 21.6 Å². The molecule has 0 aromatic carbocycles. The summed E-state index contributed by atoms with van der Waals surface area (Å²) in [4.78, 5) is 34.0. The highest BCUT2D eigenvalue weighted by atomic mass is 32.1. The molecule has 0 spiro atoms. The third-order valence-corrected chi connectivity index (χ3v) is 5.50. The van der Waals surface area contributed by atoms with Gasteiger partial charge >= 0.3 is 0 Å². The van der Waals surface area contributed by atoms with Gasteiger partial charge < -0.3 is 10.2 Å². The van der Waals surface area contributed by atoms with Gasteiger partial charge in [-0.1, -0.05) is 0 Å². The summed E-state index contributed by atoms with van der Waals surface area (Å²) in [5.41, 5.74) is 1.02. The van der Waals surface area contributed by atoms with E-state index in [4.69, 9.17) is 0 Å². The second kappa shape index (κ2) is 6.57. The first-order chi connectivity index (χ1) is 10.9. The summed E-state index contributed by atoms with van der Waals surface area (Å²) in [6.45, 7) is 1.68. The van der Waals surface area contributed by atoms with Gasteiger partial charge in [-0.2, -0.15) is 0 Å². The van der Waals surface area contributed by atoms with Crippen molar-refractivity contribution in [3.8, 4) is 0 Å². The van der Waals surface area contributed by atoms with Crippen molar-refractivity contribution in [1.82, 2.24) is 20.1 Å². The van der Waals surface area contributed by atoms with Gasteiger partial charge in [0.05, 0.1) is 5.69 Å².